The van der Waals surface area contributed by atoms with Crippen molar-refractivity contribution in [3.8, 4) is 0 Å². The summed E-state index contributed by atoms with van der Waals surface area (Å²) in [6.45, 7) is 27.4. The zero-order valence-corrected chi connectivity index (χ0v) is 41.2. The number of rotatable bonds is 9. The second-order valence-corrected chi connectivity index (χ2v) is 18.4. The van der Waals surface area contributed by atoms with Gasteiger partial charge in [-0.15, -0.1) is 18.3 Å². The topological polar surface area (TPSA) is 85.5 Å². The summed E-state index contributed by atoms with van der Waals surface area (Å²) in [7, 11) is 10.1. The summed E-state index contributed by atoms with van der Waals surface area (Å²) in [4.78, 5) is 19.5. The standard InChI is InChI=1S/C34H54N6OS.C10H19N.2C2H6.CH5N/c1-33(2)21-29-34(3,23-41-33)28(32(35-4)40(29)30-14-9-15-31(37-30)42-7)22-39(6)24-36-27-13-8-11-25(16-17-27)26-12-10-19-38(5)20-18-26;1-4-9(2)10-5-7-11(3)8-6-10;3*1-2/h9,14-17,22,25-27,29,36H,8,10-13,18-21,23-24H2,1-7H3;4,9-10H,1,5-8H2,2-3H3;2*1-2H3;2H2,1H3/b28-22+,35-32?;;;;/t25?,26?,27?,29?,34-;;;;/m1..../s1. The minimum absolute atomic E-state index is 0.183. The van der Waals surface area contributed by atoms with Crippen molar-refractivity contribution in [1.29, 1.82) is 0 Å². The van der Waals surface area contributed by atoms with Crippen LogP contribution >= 0.6 is 11.8 Å². The molecule has 4 fully saturated rings. The number of ether oxygens (including phenoxy) is 1. The minimum Gasteiger partial charge on any atom is -0.374 e. The zero-order valence-electron chi connectivity index (χ0n) is 40.4. The Labute approximate surface area is 368 Å². The molecule has 0 spiro atoms. The highest BCUT2D eigenvalue weighted by Crippen LogP contribution is 2.51. The Balaban J connectivity index is 0.000000598. The van der Waals surface area contributed by atoms with Gasteiger partial charge in [-0.25, -0.2) is 4.98 Å². The van der Waals surface area contributed by atoms with Crippen molar-refractivity contribution in [2.45, 2.75) is 136 Å². The van der Waals surface area contributed by atoms with Gasteiger partial charge < -0.3 is 30.1 Å². The van der Waals surface area contributed by atoms with Gasteiger partial charge in [-0.1, -0.05) is 72.3 Å². The highest BCUT2D eigenvalue weighted by Gasteiger charge is 2.57. The normalized spacial score (nSPS) is 29.1. The van der Waals surface area contributed by atoms with Crippen molar-refractivity contribution in [2.24, 2.45) is 39.8 Å². The van der Waals surface area contributed by atoms with E-state index in [1.54, 1.807) is 11.8 Å². The molecule has 0 amide bonds. The lowest BCUT2D eigenvalue weighted by Gasteiger charge is -2.46. The predicted octanol–water partition coefficient (Wildman–Crippen LogP) is 9.82. The summed E-state index contributed by atoms with van der Waals surface area (Å²) < 4.78 is 6.47. The molecule has 6 atom stereocenters. The second kappa shape index (κ2) is 27.0. The lowest BCUT2D eigenvalue weighted by Crippen LogP contribution is -2.52. The number of aliphatic imine (C=N–C) groups is 1. The maximum Gasteiger partial charge on any atom is 0.135 e. The first-order valence-corrected chi connectivity index (χ1v) is 24.4. The molecular formula is C49H90N8OS. The zero-order chi connectivity index (χ0) is 44.2. The first-order chi connectivity index (χ1) is 28.4. The number of pyridine rings is 1. The molecule has 4 aliphatic heterocycles. The van der Waals surface area contributed by atoms with Crippen molar-refractivity contribution >= 4 is 23.4 Å². The highest BCUT2D eigenvalue weighted by atomic mass is 32.2. The summed E-state index contributed by atoms with van der Waals surface area (Å²) in [6, 6.07) is 6.96. The largest absolute Gasteiger partial charge is 0.374 e. The molecule has 1 aromatic heterocycles. The van der Waals surface area contributed by atoms with E-state index in [9.17, 15) is 0 Å². The van der Waals surface area contributed by atoms with Crippen LogP contribution in [0.1, 0.15) is 113 Å². The van der Waals surface area contributed by atoms with Gasteiger partial charge in [-0.2, -0.15) is 0 Å². The van der Waals surface area contributed by atoms with E-state index in [4.69, 9.17) is 14.7 Å². The van der Waals surface area contributed by atoms with Crippen molar-refractivity contribution in [3.63, 3.8) is 0 Å². The maximum absolute atomic E-state index is 6.47. The van der Waals surface area contributed by atoms with Crippen molar-refractivity contribution < 1.29 is 4.74 Å². The average molecular weight is 839 g/mol. The number of nitrogens with two attached hydrogens (primary N) is 1. The molecule has 0 aromatic carbocycles. The van der Waals surface area contributed by atoms with Gasteiger partial charge in [0.05, 0.1) is 29.9 Å². The van der Waals surface area contributed by atoms with Crippen molar-refractivity contribution in [3.05, 3.63) is 54.8 Å². The summed E-state index contributed by atoms with van der Waals surface area (Å²) in [6.07, 6.45) is 23.0. The fraction of sp³-hybridized carbons (Fsp3) is 0.755. The van der Waals surface area contributed by atoms with E-state index < -0.39 is 0 Å². The molecule has 6 rings (SSSR count). The molecular weight excluding hydrogens is 749 g/mol. The predicted molar refractivity (Wildman–Crippen MR) is 260 cm³/mol. The van der Waals surface area contributed by atoms with Gasteiger partial charge >= 0.3 is 0 Å². The van der Waals surface area contributed by atoms with Crippen LogP contribution in [0.5, 0.6) is 0 Å². The van der Waals surface area contributed by atoms with Gasteiger partial charge in [0.2, 0.25) is 0 Å². The monoisotopic (exact) mass is 839 g/mol. The van der Waals surface area contributed by atoms with Crippen LogP contribution in [0, 0.1) is 29.1 Å². The Kier molecular flexibility index (Phi) is 24.2. The van der Waals surface area contributed by atoms with E-state index in [0.717, 1.165) is 47.5 Å². The Morgan fingerprint density at radius 1 is 0.983 bits per heavy atom. The number of hydrogen-bond acceptors (Lipinski definition) is 9. The number of thioether (sulfide) groups is 1. The fourth-order valence-corrected chi connectivity index (χ4v) is 9.68. The number of hydrogen-bond donors (Lipinski definition) is 2. The summed E-state index contributed by atoms with van der Waals surface area (Å²) in [5, 5.41) is 4.88. The third kappa shape index (κ3) is 15.3. The Morgan fingerprint density at radius 3 is 2.29 bits per heavy atom. The van der Waals surface area contributed by atoms with E-state index in [0.29, 0.717) is 18.6 Å². The van der Waals surface area contributed by atoms with Gasteiger partial charge in [0.25, 0.3) is 0 Å². The number of likely N-dealkylation sites (tertiary alicyclic amines) is 2. The number of nitrogens with one attached hydrogen (secondary N) is 1. The van der Waals surface area contributed by atoms with Crippen LogP contribution in [0.4, 0.5) is 5.82 Å². The first kappa shape index (κ1) is 52.9. The minimum atomic E-state index is -0.197. The number of fused-ring (bicyclic) bond motifs is 1. The molecule has 0 radical (unpaired) electrons. The molecule has 338 valence electrons. The molecule has 3 N–H and O–H groups in total. The molecule has 5 aliphatic rings. The van der Waals surface area contributed by atoms with Gasteiger partial charge in [0.1, 0.15) is 11.7 Å². The van der Waals surface area contributed by atoms with Crippen molar-refractivity contribution in [1.82, 2.24) is 25.0 Å². The van der Waals surface area contributed by atoms with Crippen LogP contribution in [-0.4, -0.2) is 124 Å². The maximum atomic E-state index is 6.47. The fourth-order valence-electron chi connectivity index (χ4n) is 9.28. The van der Waals surface area contributed by atoms with Crippen LogP contribution in [0.25, 0.3) is 0 Å². The van der Waals surface area contributed by atoms with Crippen LogP contribution < -0.4 is 16.0 Å². The Hall–Kier alpha value is -2.21. The smallest absolute Gasteiger partial charge is 0.135 e. The lowest BCUT2D eigenvalue weighted by atomic mass is 9.73. The lowest BCUT2D eigenvalue weighted by molar-refractivity contribution is -0.101. The van der Waals surface area contributed by atoms with Crippen LogP contribution in [-0.2, 0) is 4.74 Å². The molecule has 1 aliphatic carbocycles. The van der Waals surface area contributed by atoms with E-state index >= 15 is 0 Å². The SMILES string of the molecule is C=CC(C)C1CCN(C)CC1.CC.CC.CN.CN=C1/C(=C\N(C)CNC2C=CC(C3CCCN(C)CC3)CCC2)[C@@]2(C)COC(C)(C)CC2N1c1cccc(SC)n1. The first-order valence-electron chi connectivity index (χ1n) is 23.2. The quantitative estimate of drug-likeness (QED) is 0.144. The van der Waals surface area contributed by atoms with E-state index in [1.165, 1.54) is 90.2 Å². The van der Waals surface area contributed by atoms with Gasteiger partial charge in [-0.3, -0.25) is 10.3 Å². The summed E-state index contributed by atoms with van der Waals surface area (Å²) >= 11 is 1.68. The molecule has 59 heavy (non-hydrogen) atoms. The molecule has 9 nitrogen and oxygen atoms in total. The van der Waals surface area contributed by atoms with Gasteiger partial charge in [0.15, 0.2) is 0 Å². The summed E-state index contributed by atoms with van der Waals surface area (Å²) in [5.41, 5.74) is 5.36. The van der Waals surface area contributed by atoms with Crippen LogP contribution in [0.15, 0.2) is 64.8 Å². The van der Waals surface area contributed by atoms with E-state index in [2.05, 4.69) is 135 Å². The van der Waals surface area contributed by atoms with Crippen LogP contribution in [0.3, 0.4) is 0 Å². The second-order valence-electron chi connectivity index (χ2n) is 17.6. The van der Waals surface area contributed by atoms with Gasteiger partial charge in [0, 0.05) is 37.3 Å². The number of allylic oxidation sites excluding steroid dienone is 2. The molecule has 5 heterocycles. The third-order valence-corrected chi connectivity index (χ3v) is 13.7. The Morgan fingerprint density at radius 2 is 1.64 bits per heavy atom. The molecule has 10 heteroatoms. The van der Waals surface area contributed by atoms with E-state index in [1.807, 2.05) is 34.7 Å². The third-order valence-electron chi connectivity index (χ3n) is 13.0. The van der Waals surface area contributed by atoms with Crippen LogP contribution in [0.2, 0.25) is 0 Å². The molecule has 1 aromatic rings. The summed E-state index contributed by atoms with van der Waals surface area (Å²) in [5.74, 6) is 5.16. The van der Waals surface area contributed by atoms with Crippen molar-refractivity contribution in [2.75, 3.05) is 85.8 Å². The average Bonchev–Trinajstić information content (AvgIpc) is 3.50. The highest BCUT2D eigenvalue weighted by molar-refractivity contribution is 7.98. The van der Waals surface area contributed by atoms with Gasteiger partial charge in [-0.05, 0) is 155 Å². The number of aromatic nitrogens is 1. The number of anilines is 1. The molecule has 0 bridgehead atoms. The molecule has 0 saturated carbocycles. The Bertz CT molecular complexity index is 1420. The number of nitrogens with zero attached hydrogens (tertiary/aromatic N) is 6. The number of piperidine rings is 1. The number of amidine groups is 1. The molecule has 5 unspecified atom stereocenters. The molecule has 4 saturated heterocycles. The van der Waals surface area contributed by atoms with E-state index in [-0.39, 0.29) is 17.1 Å².